The predicted octanol–water partition coefficient (Wildman–Crippen LogP) is 2.07. The van der Waals surface area contributed by atoms with Gasteiger partial charge in [-0.2, -0.15) is 5.26 Å². The molecule has 1 aromatic rings. The Labute approximate surface area is 95.3 Å². The largest absolute Gasteiger partial charge is 0.338 e. The molecule has 3 heteroatoms. The zero-order valence-electron chi connectivity index (χ0n) is 9.15. The first-order valence-electron chi connectivity index (χ1n) is 5.56. The van der Waals surface area contributed by atoms with Crippen LogP contribution in [0.4, 0.5) is 0 Å². The number of rotatable bonds is 2. The Balaban J connectivity index is 2.03. The molecule has 1 fully saturated rings. The summed E-state index contributed by atoms with van der Waals surface area (Å²) in [6.07, 6.45) is 2.79. The van der Waals surface area contributed by atoms with Crippen molar-refractivity contribution < 1.29 is 4.79 Å². The zero-order valence-corrected chi connectivity index (χ0v) is 9.15. The van der Waals surface area contributed by atoms with E-state index < -0.39 is 0 Å². The van der Waals surface area contributed by atoms with Crippen molar-refractivity contribution in [1.29, 1.82) is 5.26 Å². The fourth-order valence-corrected chi connectivity index (χ4v) is 1.93. The third-order valence-corrected chi connectivity index (χ3v) is 2.88. The second-order valence-corrected chi connectivity index (χ2v) is 4.08. The fourth-order valence-electron chi connectivity index (χ4n) is 1.93. The smallest absolute Gasteiger partial charge is 0.222 e. The lowest BCUT2D eigenvalue weighted by atomic mass is 10.1. The van der Waals surface area contributed by atoms with Gasteiger partial charge in [-0.25, -0.2) is 0 Å². The molecule has 1 aliphatic heterocycles. The van der Waals surface area contributed by atoms with Crippen LogP contribution in [0.1, 0.15) is 30.4 Å². The van der Waals surface area contributed by atoms with Gasteiger partial charge in [-0.3, -0.25) is 4.79 Å². The molecule has 82 valence electrons. The Morgan fingerprint density at radius 3 is 2.62 bits per heavy atom. The van der Waals surface area contributed by atoms with Crippen molar-refractivity contribution in [3.63, 3.8) is 0 Å². The van der Waals surface area contributed by atoms with E-state index in [2.05, 4.69) is 6.07 Å². The summed E-state index contributed by atoms with van der Waals surface area (Å²) in [6.45, 7) is 1.53. The van der Waals surface area contributed by atoms with Crippen LogP contribution in [-0.4, -0.2) is 17.4 Å². The Kier molecular flexibility index (Phi) is 3.21. The molecule has 1 saturated heterocycles. The number of nitrogens with zero attached hydrogens (tertiary/aromatic N) is 2. The quantitative estimate of drug-likeness (QED) is 0.756. The van der Waals surface area contributed by atoms with Gasteiger partial charge in [-0.1, -0.05) is 12.1 Å². The summed E-state index contributed by atoms with van der Waals surface area (Å²) in [5, 5.41) is 8.68. The van der Waals surface area contributed by atoms with Crippen LogP contribution in [0.15, 0.2) is 24.3 Å². The lowest BCUT2D eigenvalue weighted by Gasteiger charge is -2.26. The minimum absolute atomic E-state index is 0.246. The minimum atomic E-state index is 0.246. The number of amides is 1. The summed E-state index contributed by atoms with van der Waals surface area (Å²) in [5.41, 5.74) is 1.75. The molecule has 1 heterocycles. The molecule has 0 bridgehead atoms. The molecule has 0 radical (unpaired) electrons. The molecule has 0 unspecified atom stereocenters. The Hall–Kier alpha value is -1.82. The van der Waals surface area contributed by atoms with E-state index in [1.807, 2.05) is 17.0 Å². The van der Waals surface area contributed by atoms with Gasteiger partial charge in [0.1, 0.15) is 0 Å². The summed E-state index contributed by atoms with van der Waals surface area (Å²) < 4.78 is 0. The van der Waals surface area contributed by atoms with E-state index in [0.29, 0.717) is 18.5 Å². The van der Waals surface area contributed by atoms with E-state index in [1.165, 1.54) is 0 Å². The Bertz CT molecular complexity index is 417. The van der Waals surface area contributed by atoms with Crippen LogP contribution in [0.5, 0.6) is 0 Å². The van der Waals surface area contributed by atoms with E-state index in [4.69, 9.17) is 5.26 Å². The standard InChI is InChI=1S/C13H14N2O/c14-9-11-4-6-12(7-5-11)10-15-8-2-1-3-13(15)16/h4-7H,1-3,8,10H2. The van der Waals surface area contributed by atoms with Crippen molar-refractivity contribution in [3.05, 3.63) is 35.4 Å². The van der Waals surface area contributed by atoms with Gasteiger partial charge in [-0.05, 0) is 30.5 Å². The van der Waals surface area contributed by atoms with Crippen LogP contribution in [0.3, 0.4) is 0 Å². The molecule has 2 rings (SSSR count). The SMILES string of the molecule is N#Cc1ccc(CN2CCCCC2=O)cc1. The van der Waals surface area contributed by atoms with Gasteiger partial charge in [0.2, 0.25) is 5.91 Å². The van der Waals surface area contributed by atoms with Crippen molar-refractivity contribution in [2.45, 2.75) is 25.8 Å². The normalized spacial score (nSPS) is 15.9. The lowest BCUT2D eigenvalue weighted by molar-refractivity contribution is -0.133. The molecule has 1 aliphatic rings. The van der Waals surface area contributed by atoms with Crippen molar-refractivity contribution in [2.75, 3.05) is 6.54 Å². The van der Waals surface area contributed by atoms with Crippen LogP contribution >= 0.6 is 0 Å². The minimum Gasteiger partial charge on any atom is -0.338 e. The van der Waals surface area contributed by atoms with Gasteiger partial charge in [0.15, 0.2) is 0 Å². The number of carbonyl (C=O) groups excluding carboxylic acids is 1. The maximum atomic E-state index is 11.6. The third-order valence-electron chi connectivity index (χ3n) is 2.88. The molecule has 0 spiro atoms. The van der Waals surface area contributed by atoms with Gasteiger partial charge in [0.25, 0.3) is 0 Å². The van der Waals surface area contributed by atoms with Crippen LogP contribution in [0.25, 0.3) is 0 Å². The summed E-state index contributed by atoms with van der Waals surface area (Å²) in [6, 6.07) is 9.51. The highest BCUT2D eigenvalue weighted by Crippen LogP contribution is 2.14. The average Bonchev–Trinajstić information content (AvgIpc) is 2.33. The molecule has 1 aromatic carbocycles. The van der Waals surface area contributed by atoms with Crippen LogP contribution in [0, 0.1) is 11.3 Å². The lowest BCUT2D eigenvalue weighted by Crippen LogP contribution is -2.34. The molecule has 0 saturated carbocycles. The number of piperidine rings is 1. The van der Waals surface area contributed by atoms with Gasteiger partial charge < -0.3 is 4.90 Å². The molecule has 3 nitrogen and oxygen atoms in total. The topological polar surface area (TPSA) is 44.1 Å². The monoisotopic (exact) mass is 214 g/mol. The zero-order chi connectivity index (χ0) is 11.4. The highest BCUT2D eigenvalue weighted by atomic mass is 16.2. The molecule has 0 atom stereocenters. The Morgan fingerprint density at radius 2 is 2.00 bits per heavy atom. The maximum absolute atomic E-state index is 11.6. The molecular formula is C13H14N2O. The highest BCUT2D eigenvalue weighted by molar-refractivity contribution is 5.76. The maximum Gasteiger partial charge on any atom is 0.222 e. The fraction of sp³-hybridized carbons (Fsp3) is 0.385. The van der Waals surface area contributed by atoms with Crippen molar-refractivity contribution >= 4 is 5.91 Å². The Morgan fingerprint density at radius 1 is 1.25 bits per heavy atom. The molecule has 0 aliphatic carbocycles. The summed E-state index contributed by atoms with van der Waals surface area (Å²) in [4.78, 5) is 13.5. The number of benzene rings is 1. The van der Waals surface area contributed by atoms with E-state index in [-0.39, 0.29) is 5.91 Å². The number of carbonyl (C=O) groups is 1. The van der Waals surface area contributed by atoms with Gasteiger partial charge in [0.05, 0.1) is 11.6 Å². The summed E-state index contributed by atoms with van der Waals surface area (Å²) >= 11 is 0. The second kappa shape index (κ2) is 4.80. The average molecular weight is 214 g/mol. The first kappa shape index (κ1) is 10.7. The van der Waals surface area contributed by atoms with Gasteiger partial charge in [0, 0.05) is 19.5 Å². The van der Waals surface area contributed by atoms with E-state index in [0.717, 1.165) is 24.9 Å². The summed E-state index contributed by atoms with van der Waals surface area (Å²) in [5.74, 6) is 0.246. The predicted molar refractivity (Wildman–Crippen MR) is 60.4 cm³/mol. The highest BCUT2D eigenvalue weighted by Gasteiger charge is 2.17. The molecule has 0 N–H and O–H groups in total. The number of hydrogen-bond acceptors (Lipinski definition) is 2. The second-order valence-electron chi connectivity index (χ2n) is 4.08. The number of hydrogen-bond donors (Lipinski definition) is 0. The van der Waals surface area contributed by atoms with E-state index in [9.17, 15) is 4.79 Å². The van der Waals surface area contributed by atoms with Crippen molar-refractivity contribution in [2.24, 2.45) is 0 Å². The first-order chi connectivity index (χ1) is 7.79. The number of nitriles is 1. The van der Waals surface area contributed by atoms with Crippen LogP contribution in [0.2, 0.25) is 0 Å². The van der Waals surface area contributed by atoms with Crippen LogP contribution < -0.4 is 0 Å². The first-order valence-corrected chi connectivity index (χ1v) is 5.56. The van der Waals surface area contributed by atoms with E-state index in [1.54, 1.807) is 12.1 Å². The third kappa shape index (κ3) is 2.40. The van der Waals surface area contributed by atoms with Crippen molar-refractivity contribution in [1.82, 2.24) is 4.90 Å². The van der Waals surface area contributed by atoms with Gasteiger partial charge in [-0.15, -0.1) is 0 Å². The summed E-state index contributed by atoms with van der Waals surface area (Å²) in [7, 11) is 0. The number of likely N-dealkylation sites (tertiary alicyclic amines) is 1. The van der Waals surface area contributed by atoms with Crippen LogP contribution in [-0.2, 0) is 11.3 Å². The molecule has 1 amide bonds. The molecule has 16 heavy (non-hydrogen) atoms. The van der Waals surface area contributed by atoms with Gasteiger partial charge >= 0.3 is 0 Å². The molecular weight excluding hydrogens is 200 g/mol. The van der Waals surface area contributed by atoms with E-state index >= 15 is 0 Å². The molecule has 0 aromatic heterocycles. The van der Waals surface area contributed by atoms with Crippen molar-refractivity contribution in [3.8, 4) is 6.07 Å².